The Morgan fingerprint density at radius 2 is 1.87 bits per heavy atom. The van der Waals surface area contributed by atoms with Crippen molar-refractivity contribution in [3.05, 3.63) is 42.0 Å². The quantitative estimate of drug-likeness (QED) is 0.768. The Kier molecular flexibility index (Phi) is 4.03. The molecule has 1 aromatic heterocycles. The van der Waals surface area contributed by atoms with E-state index >= 15 is 0 Å². The van der Waals surface area contributed by atoms with Crippen molar-refractivity contribution in [2.24, 2.45) is 0 Å². The number of nitrogen functional groups attached to an aromatic ring is 1. The van der Waals surface area contributed by atoms with Crippen LogP contribution in [0.3, 0.4) is 0 Å². The molecule has 0 aliphatic rings. The molecule has 3 N–H and O–H groups in total. The molecule has 0 unspecified atom stereocenters. The van der Waals surface area contributed by atoms with Crippen molar-refractivity contribution in [3.8, 4) is 11.5 Å². The molecule has 0 aliphatic heterocycles. The van der Waals surface area contributed by atoms with Crippen molar-refractivity contribution in [2.75, 3.05) is 25.3 Å². The molecule has 3 aromatic rings. The number of hydrogen-bond donors (Lipinski definition) is 2. The zero-order valence-electron chi connectivity index (χ0n) is 12.6. The molecular weight excluding hydrogens is 314 g/mol. The minimum atomic E-state index is -0.262. The molecule has 0 saturated heterocycles. The van der Waals surface area contributed by atoms with Gasteiger partial charge in [-0.15, -0.1) is 0 Å². The second-order valence-electron chi connectivity index (χ2n) is 4.73. The summed E-state index contributed by atoms with van der Waals surface area (Å²) in [7, 11) is 3.08. The second-order valence-corrected chi connectivity index (χ2v) is 5.79. The van der Waals surface area contributed by atoms with Gasteiger partial charge in [-0.25, -0.2) is 4.98 Å². The predicted octanol–water partition coefficient (Wildman–Crippen LogP) is 3.15. The molecule has 6 nitrogen and oxygen atoms in total. The highest BCUT2D eigenvalue weighted by Gasteiger charge is 2.15. The van der Waals surface area contributed by atoms with Crippen LogP contribution in [0.25, 0.3) is 10.2 Å². The van der Waals surface area contributed by atoms with Crippen molar-refractivity contribution in [2.45, 2.75) is 0 Å². The fraction of sp³-hybridized carbons (Fsp3) is 0.125. The Hall–Kier alpha value is -2.80. The summed E-state index contributed by atoms with van der Waals surface area (Å²) in [5.74, 6) is 0.795. The monoisotopic (exact) mass is 329 g/mol. The maximum atomic E-state index is 12.5. The lowest BCUT2D eigenvalue weighted by Gasteiger charge is -2.13. The number of carbonyl (C=O) groups excluding carboxylic acids is 1. The standard InChI is InChI=1S/C16H15N3O3S/c1-21-11-4-3-5-12(22-2)14(11)19-15(20)9-6-7-10-13(8-9)23-16(17)18-10/h3-8H,1-2H3,(H2,17,18)(H,19,20). The van der Waals surface area contributed by atoms with Gasteiger partial charge in [-0.05, 0) is 30.3 Å². The van der Waals surface area contributed by atoms with Crippen LogP contribution in [0.4, 0.5) is 10.8 Å². The number of amides is 1. The first kappa shape index (κ1) is 15.1. The number of methoxy groups -OCH3 is 2. The number of nitrogens with zero attached hydrogens (tertiary/aromatic N) is 1. The van der Waals surface area contributed by atoms with E-state index < -0.39 is 0 Å². The molecule has 3 rings (SSSR count). The van der Waals surface area contributed by atoms with E-state index in [1.54, 1.807) is 36.4 Å². The molecule has 0 saturated carbocycles. The lowest BCUT2D eigenvalue weighted by Crippen LogP contribution is -2.13. The van der Waals surface area contributed by atoms with Crippen molar-refractivity contribution in [1.82, 2.24) is 4.98 Å². The first-order valence-corrected chi connectivity index (χ1v) is 7.62. The van der Waals surface area contributed by atoms with E-state index in [1.807, 2.05) is 0 Å². The topological polar surface area (TPSA) is 86.5 Å². The maximum Gasteiger partial charge on any atom is 0.255 e. The number of para-hydroxylation sites is 1. The molecule has 7 heteroatoms. The average molecular weight is 329 g/mol. The largest absolute Gasteiger partial charge is 0.494 e. The molecule has 23 heavy (non-hydrogen) atoms. The zero-order chi connectivity index (χ0) is 16.4. The fourth-order valence-corrected chi connectivity index (χ4v) is 3.02. The molecule has 0 bridgehead atoms. The van der Waals surface area contributed by atoms with Gasteiger partial charge in [-0.1, -0.05) is 17.4 Å². The zero-order valence-corrected chi connectivity index (χ0v) is 13.4. The van der Waals surface area contributed by atoms with Crippen LogP contribution in [-0.4, -0.2) is 25.1 Å². The van der Waals surface area contributed by atoms with E-state index in [9.17, 15) is 4.79 Å². The van der Waals surface area contributed by atoms with E-state index in [0.717, 1.165) is 10.2 Å². The number of fused-ring (bicyclic) bond motifs is 1. The number of ether oxygens (including phenoxy) is 2. The van der Waals surface area contributed by atoms with Crippen LogP contribution >= 0.6 is 11.3 Å². The molecule has 2 aromatic carbocycles. The number of benzene rings is 2. The minimum Gasteiger partial charge on any atom is -0.494 e. The number of hydrogen-bond acceptors (Lipinski definition) is 6. The number of thiazole rings is 1. The minimum absolute atomic E-state index is 0.262. The lowest BCUT2D eigenvalue weighted by molar-refractivity contribution is 0.102. The summed E-state index contributed by atoms with van der Waals surface area (Å²) in [6, 6.07) is 10.5. The van der Waals surface area contributed by atoms with Gasteiger partial charge >= 0.3 is 0 Å². The third-order valence-electron chi connectivity index (χ3n) is 3.33. The van der Waals surface area contributed by atoms with Crippen LogP contribution < -0.4 is 20.5 Å². The Morgan fingerprint density at radius 3 is 2.52 bits per heavy atom. The van der Waals surface area contributed by atoms with Gasteiger partial charge in [0.05, 0.1) is 24.4 Å². The van der Waals surface area contributed by atoms with Gasteiger partial charge in [0, 0.05) is 5.56 Å². The summed E-state index contributed by atoms with van der Waals surface area (Å²) in [4.78, 5) is 16.7. The summed E-state index contributed by atoms with van der Waals surface area (Å²) in [6.07, 6.45) is 0. The van der Waals surface area contributed by atoms with Gasteiger partial charge in [0.2, 0.25) is 0 Å². The van der Waals surface area contributed by atoms with Gasteiger partial charge in [0.1, 0.15) is 17.2 Å². The number of carbonyl (C=O) groups is 1. The number of rotatable bonds is 4. The molecule has 0 aliphatic carbocycles. The Bertz CT molecular complexity index is 854. The predicted molar refractivity (Wildman–Crippen MR) is 91.5 cm³/mol. The summed E-state index contributed by atoms with van der Waals surface area (Å²) < 4.78 is 11.4. The summed E-state index contributed by atoms with van der Waals surface area (Å²) in [6.45, 7) is 0. The van der Waals surface area contributed by atoms with Crippen LogP contribution in [0.5, 0.6) is 11.5 Å². The van der Waals surface area contributed by atoms with Crippen LogP contribution in [-0.2, 0) is 0 Å². The number of nitrogens with one attached hydrogen (secondary N) is 1. The molecule has 118 valence electrons. The highest BCUT2D eigenvalue weighted by Crippen LogP contribution is 2.34. The molecule has 0 spiro atoms. The van der Waals surface area contributed by atoms with Crippen LogP contribution in [0.1, 0.15) is 10.4 Å². The SMILES string of the molecule is COc1cccc(OC)c1NC(=O)c1ccc2nc(N)sc2c1. The fourth-order valence-electron chi connectivity index (χ4n) is 2.24. The Labute approximate surface area is 136 Å². The molecule has 1 amide bonds. The molecule has 0 fully saturated rings. The molecule has 0 radical (unpaired) electrons. The third-order valence-corrected chi connectivity index (χ3v) is 4.18. The molecule has 0 atom stereocenters. The number of nitrogens with two attached hydrogens (primary N) is 1. The van der Waals surface area contributed by atoms with Gasteiger partial charge < -0.3 is 20.5 Å². The van der Waals surface area contributed by atoms with E-state index in [2.05, 4.69) is 10.3 Å². The molecule has 1 heterocycles. The summed E-state index contributed by atoms with van der Waals surface area (Å²) in [5, 5.41) is 3.31. The smallest absolute Gasteiger partial charge is 0.255 e. The van der Waals surface area contributed by atoms with Crippen molar-refractivity contribution in [1.29, 1.82) is 0 Å². The van der Waals surface area contributed by atoms with E-state index in [4.69, 9.17) is 15.2 Å². The highest BCUT2D eigenvalue weighted by molar-refractivity contribution is 7.22. The summed E-state index contributed by atoms with van der Waals surface area (Å²) >= 11 is 1.34. The van der Waals surface area contributed by atoms with Crippen LogP contribution in [0.2, 0.25) is 0 Å². The highest BCUT2D eigenvalue weighted by atomic mass is 32.1. The molecular formula is C16H15N3O3S. The second kappa shape index (κ2) is 6.13. The number of anilines is 2. The first-order chi connectivity index (χ1) is 11.1. The number of aromatic nitrogens is 1. The van der Waals surface area contributed by atoms with Crippen molar-refractivity contribution in [3.63, 3.8) is 0 Å². The first-order valence-electron chi connectivity index (χ1n) is 6.81. The van der Waals surface area contributed by atoms with Gasteiger partial charge in [-0.3, -0.25) is 4.79 Å². The van der Waals surface area contributed by atoms with E-state index in [-0.39, 0.29) is 5.91 Å². The van der Waals surface area contributed by atoms with E-state index in [1.165, 1.54) is 25.6 Å². The third kappa shape index (κ3) is 2.91. The van der Waals surface area contributed by atoms with Gasteiger partial charge in [-0.2, -0.15) is 0 Å². The lowest BCUT2D eigenvalue weighted by atomic mass is 10.2. The van der Waals surface area contributed by atoms with Crippen LogP contribution in [0.15, 0.2) is 36.4 Å². The summed E-state index contributed by atoms with van der Waals surface area (Å²) in [5.41, 5.74) is 7.47. The van der Waals surface area contributed by atoms with Crippen LogP contribution in [0, 0.1) is 0 Å². The average Bonchev–Trinajstić information content (AvgIpc) is 2.93. The van der Waals surface area contributed by atoms with Gasteiger partial charge in [0.25, 0.3) is 5.91 Å². The van der Waals surface area contributed by atoms with Gasteiger partial charge in [0.15, 0.2) is 5.13 Å². The maximum absolute atomic E-state index is 12.5. The Balaban J connectivity index is 1.94. The Morgan fingerprint density at radius 1 is 1.17 bits per heavy atom. The van der Waals surface area contributed by atoms with E-state index in [0.29, 0.717) is 27.9 Å². The normalized spacial score (nSPS) is 10.5. The van der Waals surface area contributed by atoms with Crippen molar-refractivity contribution < 1.29 is 14.3 Å². The van der Waals surface area contributed by atoms with Crippen molar-refractivity contribution >= 4 is 38.3 Å².